The van der Waals surface area contributed by atoms with E-state index in [0.29, 0.717) is 49.3 Å². The van der Waals surface area contributed by atoms with Crippen molar-refractivity contribution in [2.45, 2.75) is 19.9 Å². The van der Waals surface area contributed by atoms with Crippen molar-refractivity contribution in [1.29, 1.82) is 0 Å². The third-order valence-corrected chi connectivity index (χ3v) is 7.59. The highest BCUT2D eigenvalue weighted by Crippen LogP contribution is 2.37. The average Bonchev–Trinajstić information content (AvgIpc) is 3.28. The topological polar surface area (TPSA) is 79.1 Å². The molecule has 5 rings (SSSR count). The fraction of sp³-hybridized carbons (Fsp3) is 0.194. The van der Waals surface area contributed by atoms with E-state index in [1.165, 1.54) is 18.4 Å². The lowest BCUT2D eigenvalue weighted by molar-refractivity contribution is -0.138. The fourth-order valence-corrected chi connectivity index (χ4v) is 5.92. The number of hydrogen-bond acceptors (Lipinski definition) is 7. The van der Waals surface area contributed by atoms with Gasteiger partial charge in [-0.05, 0) is 43.2 Å². The molecule has 0 saturated heterocycles. The Morgan fingerprint density at radius 3 is 2.40 bits per heavy atom. The molecule has 0 radical (unpaired) electrons. The van der Waals surface area contributed by atoms with E-state index in [2.05, 4.69) is 0 Å². The molecule has 0 fully saturated rings. The molecule has 2 heterocycles. The number of esters is 1. The highest BCUT2D eigenvalue weighted by Gasteiger charge is 2.35. The van der Waals surface area contributed by atoms with Crippen LogP contribution < -0.4 is 24.4 Å². The Balaban J connectivity index is 1.78. The lowest BCUT2D eigenvalue weighted by atomic mass is 9.93. The second kappa shape index (κ2) is 11.9. The van der Waals surface area contributed by atoms with E-state index >= 15 is 0 Å². The zero-order chi connectivity index (χ0) is 28.2. The quantitative estimate of drug-likeness (QED) is 0.277. The molecule has 1 aliphatic rings. The van der Waals surface area contributed by atoms with Crippen LogP contribution in [0, 0.1) is 0 Å². The molecule has 3 aromatic carbocycles. The lowest BCUT2D eigenvalue weighted by Crippen LogP contribution is -2.39. The summed E-state index contributed by atoms with van der Waals surface area (Å²) in [5, 5.41) is 0.373. The summed E-state index contributed by atoms with van der Waals surface area (Å²) in [6, 6.07) is 21.7. The lowest BCUT2D eigenvalue weighted by Gasteiger charge is -2.25. The zero-order valence-electron chi connectivity index (χ0n) is 22.2. The van der Waals surface area contributed by atoms with Crippen LogP contribution in [0.2, 0.25) is 5.02 Å². The van der Waals surface area contributed by atoms with Crippen LogP contribution in [-0.2, 0) is 9.53 Å². The maximum Gasteiger partial charge on any atom is 0.338 e. The zero-order valence-corrected chi connectivity index (χ0v) is 23.8. The monoisotopic (exact) mass is 574 g/mol. The molecule has 1 aliphatic heterocycles. The average molecular weight is 575 g/mol. The minimum Gasteiger partial charge on any atom is -0.493 e. The summed E-state index contributed by atoms with van der Waals surface area (Å²) in [5.74, 6) is 0.392. The molecule has 40 heavy (non-hydrogen) atoms. The number of rotatable bonds is 8. The molecular formula is C31H27ClN2O5S. The molecule has 0 saturated carbocycles. The fourth-order valence-electron chi connectivity index (χ4n) is 4.65. The van der Waals surface area contributed by atoms with Crippen molar-refractivity contribution in [2.24, 2.45) is 4.99 Å². The van der Waals surface area contributed by atoms with Crippen LogP contribution in [0.3, 0.4) is 0 Å². The second-order valence-corrected chi connectivity index (χ2v) is 10.2. The molecule has 0 unspecified atom stereocenters. The van der Waals surface area contributed by atoms with Crippen molar-refractivity contribution in [3.8, 4) is 11.5 Å². The van der Waals surface area contributed by atoms with Gasteiger partial charge in [-0.3, -0.25) is 9.36 Å². The Bertz CT molecular complexity index is 1760. The van der Waals surface area contributed by atoms with Crippen molar-refractivity contribution in [3.63, 3.8) is 0 Å². The first-order chi connectivity index (χ1) is 19.5. The highest BCUT2D eigenvalue weighted by molar-refractivity contribution is 7.07. The van der Waals surface area contributed by atoms with Gasteiger partial charge in [-0.15, -0.1) is 0 Å². The number of thiazole rings is 1. The van der Waals surface area contributed by atoms with E-state index in [9.17, 15) is 9.59 Å². The van der Waals surface area contributed by atoms with Gasteiger partial charge in [0.1, 0.15) is 0 Å². The second-order valence-electron chi connectivity index (χ2n) is 8.81. The Labute approximate surface area is 240 Å². The summed E-state index contributed by atoms with van der Waals surface area (Å²) < 4.78 is 18.6. The van der Waals surface area contributed by atoms with Gasteiger partial charge in [0.2, 0.25) is 0 Å². The van der Waals surface area contributed by atoms with E-state index < -0.39 is 12.0 Å². The Morgan fingerprint density at radius 2 is 1.75 bits per heavy atom. The molecule has 0 spiro atoms. The number of halogens is 1. The van der Waals surface area contributed by atoms with Crippen LogP contribution in [0.5, 0.6) is 11.5 Å². The SMILES string of the molecule is CCOC(=O)C1=C(c2ccccc2)N=c2s/c(=C\c3cc(Cl)c(OCC)c(OC)c3)c(=O)n2[C@@H]1c1ccccc1. The number of nitrogens with zero attached hydrogens (tertiary/aromatic N) is 2. The summed E-state index contributed by atoms with van der Waals surface area (Å²) in [5.41, 5.74) is 2.70. The third kappa shape index (κ3) is 5.20. The van der Waals surface area contributed by atoms with Crippen LogP contribution in [0.1, 0.15) is 36.6 Å². The van der Waals surface area contributed by atoms with E-state index in [1.54, 1.807) is 29.7 Å². The number of carbonyl (C=O) groups is 1. The molecule has 9 heteroatoms. The van der Waals surface area contributed by atoms with Gasteiger partial charge in [0, 0.05) is 5.56 Å². The Morgan fingerprint density at radius 1 is 1.05 bits per heavy atom. The number of carbonyl (C=O) groups excluding carboxylic acids is 1. The van der Waals surface area contributed by atoms with Gasteiger partial charge in [-0.1, -0.05) is 83.6 Å². The van der Waals surface area contributed by atoms with Gasteiger partial charge in [-0.2, -0.15) is 0 Å². The predicted octanol–water partition coefficient (Wildman–Crippen LogP) is 5.00. The number of methoxy groups -OCH3 is 1. The van der Waals surface area contributed by atoms with Crippen LogP contribution in [0.15, 0.2) is 88.2 Å². The number of benzene rings is 3. The van der Waals surface area contributed by atoms with E-state index in [1.807, 2.05) is 67.6 Å². The Hall–Kier alpha value is -4.14. The van der Waals surface area contributed by atoms with Crippen LogP contribution in [-0.4, -0.2) is 30.9 Å². The van der Waals surface area contributed by atoms with Crippen molar-refractivity contribution in [2.75, 3.05) is 20.3 Å². The van der Waals surface area contributed by atoms with Gasteiger partial charge >= 0.3 is 5.97 Å². The Kier molecular flexibility index (Phi) is 8.19. The summed E-state index contributed by atoms with van der Waals surface area (Å²) in [6.07, 6.45) is 1.74. The summed E-state index contributed by atoms with van der Waals surface area (Å²) in [6.45, 7) is 4.24. The van der Waals surface area contributed by atoms with Crippen LogP contribution in [0.4, 0.5) is 0 Å². The molecular weight excluding hydrogens is 548 g/mol. The van der Waals surface area contributed by atoms with Gasteiger partial charge < -0.3 is 14.2 Å². The summed E-state index contributed by atoms with van der Waals surface area (Å²) >= 11 is 7.73. The van der Waals surface area contributed by atoms with Gasteiger partial charge in [0.05, 0.1) is 47.2 Å². The molecule has 0 bridgehead atoms. The number of aromatic nitrogens is 1. The first-order valence-corrected chi connectivity index (χ1v) is 14.0. The normalized spacial score (nSPS) is 14.9. The van der Waals surface area contributed by atoms with E-state index in [4.69, 9.17) is 30.8 Å². The van der Waals surface area contributed by atoms with Crippen LogP contribution >= 0.6 is 22.9 Å². The minimum atomic E-state index is -0.729. The largest absolute Gasteiger partial charge is 0.493 e. The molecule has 204 valence electrons. The standard InChI is InChI=1S/C31H27ClN2O5S/c1-4-38-28-22(32)16-19(17-23(28)37-3)18-24-29(35)34-27(21-14-10-7-11-15-21)25(30(36)39-5-2)26(33-31(34)40-24)20-12-8-6-9-13-20/h6-18,27H,4-5H2,1-3H3/b24-18-/t27-/m1/s1. The van der Waals surface area contributed by atoms with E-state index in [-0.39, 0.29) is 12.2 Å². The van der Waals surface area contributed by atoms with Crippen molar-refractivity contribution in [1.82, 2.24) is 4.57 Å². The minimum absolute atomic E-state index is 0.191. The van der Waals surface area contributed by atoms with Crippen molar-refractivity contribution >= 4 is 40.7 Å². The molecule has 0 amide bonds. The van der Waals surface area contributed by atoms with Gasteiger partial charge in [0.25, 0.3) is 5.56 Å². The maximum atomic E-state index is 14.0. The highest BCUT2D eigenvalue weighted by atomic mass is 35.5. The number of fused-ring (bicyclic) bond motifs is 1. The maximum absolute atomic E-state index is 14.0. The summed E-state index contributed by atoms with van der Waals surface area (Å²) in [4.78, 5) is 32.8. The number of hydrogen-bond donors (Lipinski definition) is 0. The summed E-state index contributed by atoms with van der Waals surface area (Å²) in [7, 11) is 1.54. The first kappa shape index (κ1) is 27.4. The molecule has 7 nitrogen and oxygen atoms in total. The molecule has 0 aliphatic carbocycles. The third-order valence-electron chi connectivity index (χ3n) is 6.33. The molecule has 1 atom stereocenters. The van der Waals surface area contributed by atoms with Crippen LogP contribution in [0.25, 0.3) is 11.8 Å². The molecule has 0 N–H and O–H groups in total. The van der Waals surface area contributed by atoms with Crippen molar-refractivity contribution < 1.29 is 19.0 Å². The predicted molar refractivity (Wildman–Crippen MR) is 157 cm³/mol. The van der Waals surface area contributed by atoms with E-state index in [0.717, 1.165) is 11.1 Å². The first-order valence-electron chi connectivity index (χ1n) is 12.8. The molecule has 4 aromatic rings. The molecule has 1 aromatic heterocycles. The van der Waals surface area contributed by atoms with Gasteiger partial charge in [-0.25, -0.2) is 9.79 Å². The number of ether oxygens (including phenoxy) is 3. The van der Waals surface area contributed by atoms with Gasteiger partial charge in [0.15, 0.2) is 16.3 Å². The van der Waals surface area contributed by atoms with Crippen molar-refractivity contribution in [3.05, 3.63) is 120 Å². The smallest absolute Gasteiger partial charge is 0.338 e.